The molecule has 1 fully saturated rings. The third-order valence-electron chi connectivity index (χ3n) is 3.59. The quantitative estimate of drug-likeness (QED) is 0.710. The van der Waals surface area contributed by atoms with Gasteiger partial charge in [0.15, 0.2) is 0 Å². The number of hydrogen-bond acceptors (Lipinski definition) is 1. The summed E-state index contributed by atoms with van der Waals surface area (Å²) in [7, 11) is 2.04. The Bertz CT molecular complexity index is 356. The highest BCUT2D eigenvalue weighted by atomic mass is 14.9. The van der Waals surface area contributed by atoms with Crippen molar-refractivity contribution in [2.24, 2.45) is 11.8 Å². The SMILES string of the molecule is C=CC1=CC(/C(=C\C)C2CC2)C(NC)C=C1. The second-order valence-electron chi connectivity index (χ2n) is 4.63. The molecule has 2 atom stereocenters. The van der Waals surface area contributed by atoms with Crippen LogP contribution in [0.3, 0.4) is 0 Å². The Hall–Kier alpha value is -1.08. The molecule has 86 valence electrons. The lowest BCUT2D eigenvalue weighted by molar-refractivity contribution is 0.536. The van der Waals surface area contributed by atoms with E-state index in [1.807, 2.05) is 13.1 Å². The van der Waals surface area contributed by atoms with Crippen LogP contribution in [0.2, 0.25) is 0 Å². The van der Waals surface area contributed by atoms with E-state index in [1.165, 1.54) is 18.4 Å². The van der Waals surface area contributed by atoms with Crippen molar-refractivity contribution in [1.82, 2.24) is 5.32 Å². The number of hydrogen-bond donors (Lipinski definition) is 1. The van der Waals surface area contributed by atoms with Gasteiger partial charge in [0.05, 0.1) is 0 Å². The zero-order valence-corrected chi connectivity index (χ0v) is 10.2. The molecule has 0 saturated heterocycles. The van der Waals surface area contributed by atoms with E-state index in [0.29, 0.717) is 12.0 Å². The largest absolute Gasteiger partial charge is 0.313 e. The van der Waals surface area contributed by atoms with E-state index in [4.69, 9.17) is 0 Å². The molecule has 0 aromatic heterocycles. The van der Waals surface area contributed by atoms with E-state index in [2.05, 4.69) is 43.1 Å². The second-order valence-corrected chi connectivity index (χ2v) is 4.63. The summed E-state index contributed by atoms with van der Waals surface area (Å²) in [5.74, 6) is 1.35. The number of allylic oxidation sites excluding steroid dienone is 4. The molecular formula is C15H21N. The minimum absolute atomic E-state index is 0.440. The highest BCUT2D eigenvalue weighted by Gasteiger charge is 2.33. The number of likely N-dealkylation sites (N-methyl/N-ethyl adjacent to an activating group) is 1. The Morgan fingerprint density at radius 3 is 2.75 bits per heavy atom. The monoisotopic (exact) mass is 215 g/mol. The Morgan fingerprint density at radius 1 is 1.50 bits per heavy atom. The maximum atomic E-state index is 3.86. The number of nitrogens with one attached hydrogen (secondary N) is 1. The minimum atomic E-state index is 0.440. The van der Waals surface area contributed by atoms with E-state index in [-0.39, 0.29) is 0 Å². The molecule has 0 spiro atoms. The lowest BCUT2D eigenvalue weighted by atomic mass is 9.83. The Kier molecular flexibility index (Phi) is 3.45. The summed E-state index contributed by atoms with van der Waals surface area (Å²) in [5.41, 5.74) is 2.85. The van der Waals surface area contributed by atoms with Gasteiger partial charge in [-0.3, -0.25) is 0 Å². The van der Waals surface area contributed by atoms with Crippen LogP contribution < -0.4 is 5.32 Å². The molecule has 0 bridgehead atoms. The van der Waals surface area contributed by atoms with Crippen molar-refractivity contribution in [3.8, 4) is 0 Å². The summed E-state index contributed by atoms with van der Waals surface area (Å²) in [5, 5.41) is 3.39. The van der Waals surface area contributed by atoms with E-state index in [1.54, 1.807) is 5.57 Å². The molecule has 0 aromatic carbocycles. The summed E-state index contributed by atoms with van der Waals surface area (Å²) in [6.45, 7) is 6.02. The predicted molar refractivity (Wildman–Crippen MR) is 70.2 cm³/mol. The van der Waals surface area contributed by atoms with E-state index in [0.717, 1.165) is 5.92 Å². The van der Waals surface area contributed by atoms with Crippen LogP contribution >= 0.6 is 0 Å². The first-order valence-electron chi connectivity index (χ1n) is 6.16. The fourth-order valence-corrected chi connectivity index (χ4v) is 2.53. The summed E-state index contributed by atoms with van der Waals surface area (Å²) in [6.07, 6.45) is 13.7. The predicted octanol–water partition coefficient (Wildman–Crippen LogP) is 3.23. The molecule has 1 heteroatoms. The normalized spacial score (nSPS) is 30.1. The van der Waals surface area contributed by atoms with Gasteiger partial charge >= 0.3 is 0 Å². The van der Waals surface area contributed by atoms with Gasteiger partial charge in [0, 0.05) is 12.0 Å². The Morgan fingerprint density at radius 2 is 2.25 bits per heavy atom. The molecular weight excluding hydrogens is 194 g/mol. The first-order valence-corrected chi connectivity index (χ1v) is 6.16. The molecule has 2 aliphatic carbocycles. The summed E-state index contributed by atoms with van der Waals surface area (Å²) < 4.78 is 0. The van der Waals surface area contributed by atoms with Gasteiger partial charge in [0.2, 0.25) is 0 Å². The fraction of sp³-hybridized carbons (Fsp3) is 0.467. The summed E-state index contributed by atoms with van der Waals surface area (Å²) >= 11 is 0. The van der Waals surface area contributed by atoms with Crippen molar-refractivity contribution in [1.29, 1.82) is 0 Å². The van der Waals surface area contributed by atoms with E-state index < -0.39 is 0 Å². The van der Waals surface area contributed by atoms with Crippen molar-refractivity contribution >= 4 is 0 Å². The van der Waals surface area contributed by atoms with Crippen LogP contribution in [-0.4, -0.2) is 13.1 Å². The molecule has 1 saturated carbocycles. The molecule has 2 rings (SSSR count). The lowest BCUT2D eigenvalue weighted by Gasteiger charge is -2.28. The second kappa shape index (κ2) is 4.84. The summed E-state index contributed by atoms with van der Waals surface area (Å²) in [6, 6.07) is 0.440. The molecule has 16 heavy (non-hydrogen) atoms. The fourth-order valence-electron chi connectivity index (χ4n) is 2.53. The van der Waals surface area contributed by atoms with Crippen molar-refractivity contribution in [2.45, 2.75) is 25.8 Å². The molecule has 0 aromatic rings. The zero-order valence-electron chi connectivity index (χ0n) is 10.2. The van der Waals surface area contributed by atoms with Gasteiger partial charge in [0.1, 0.15) is 0 Å². The van der Waals surface area contributed by atoms with E-state index >= 15 is 0 Å². The Balaban J connectivity index is 2.24. The van der Waals surface area contributed by atoms with Crippen molar-refractivity contribution in [3.05, 3.63) is 48.1 Å². The van der Waals surface area contributed by atoms with Crippen LogP contribution in [0.25, 0.3) is 0 Å². The maximum Gasteiger partial charge on any atom is 0.0351 e. The topological polar surface area (TPSA) is 12.0 Å². The summed E-state index contributed by atoms with van der Waals surface area (Å²) in [4.78, 5) is 0. The third-order valence-corrected chi connectivity index (χ3v) is 3.59. The van der Waals surface area contributed by atoms with Crippen LogP contribution in [0.15, 0.2) is 48.1 Å². The van der Waals surface area contributed by atoms with Gasteiger partial charge in [-0.25, -0.2) is 0 Å². The van der Waals surface area contributed by atoms with Gasteiger partial charge in [-0.15, -0.1) is 0 Å². The van der Waals surface area contributed by atoms with Gasteiger partial charge in [-0.2, -0.15) is 0 Å². The van der Waals surface area contributed by atoms with Crippen LogP contribution in [0.1, 0.15) is 19.8 Å². The molecule has 2 aliphatic rings. The van der Waals surface area contributed by atoms with E-state index in [9.17, 15) is 0 Å². The third kappa shape index (κ3) is 2.19. The Labute approximate surface area is 98.6 Å². The van der Waals surface area contributed by atoms with Crippen molar-refractivity contribution in [3.63, 3.8) is 0 Å². The highest BCUT2D eigenvalue weighted by Crippen LogP contribution is 2.42. The maximum absolute atomic E-state index is 3.86. The molecule has 0 heterocycles. The van der Waals surface area contributed by atoms with Gasteiger partial charge in [-0.1, -0.05) is 42.5 Å². The first kappa shape index (κ1) is 11.4. The molecule has 2 unspecified atom stereocenters. The zero-order chi connectivity index (χ0) is 11.5. The highest BCUT2D eigenvalue weighted by molar-refractivity contribution is 5.39. The average Bonchev–Trinajstić information content (AvgIpc) is 3.14. The standard InChI is InChI=1S/C15H21N/c1-4-11-6-9-15(16-3)14(10-11)13(5-2)12-7-8-12/h4-6,9-10,12,14-16H,1,7-8H2,2-3H3/b13-5-. The van der Waals surface area contributed by atoms with Gasteiger partial charge < -0.3 is 5.32 Å². The van der Waals surface area contributed by atoms with Crippen LogP contribution in [0, 0.1) is 11.8 Å². The average molecular weight is 215 g/mol. The van der Waals surface area contributed by atoms with Crippen LogP contribution in [-0.2, 0) is 0 Å². The van der Waals surface area contributed by atoms with Crippen LogP contribution in [0.5, 0.6) is 0 Å². The molecule has 1 N–H and O–H groups in total. The molecule has 0 amide bonds. The molecule has 0 radical (unpaired) electrons. The molecule has 1 nitrogen and oxygen atoms in total. The van der Waals surface area contributed by atoms with Crippen molar-refractivity contribution < 1.29 is 0 Å². The lowest BCUT2D eigenvalue weighted by Crippen LogP contribution is -2.33. The smallest absolute Gasteiger partial charge is 0.0351 e. The number of rotatable bonds is 4. The minimum Gasteiger partial charge on any atom is -0.313 e. The molecule has 0 aliphatic heterocycles. The van der Waals surface area contributed by atoms with Gasteiger partial charge in [-0.05, 0) is 38.3 Å². The first-order chi connectivity index (χ1) is 7.80. The van der Waals surface area contributed by atoms with Crippen LogP contribution in [0.4, 0.5) is 0 Å². The van der Waals surface area contributed by atoms with Crippen molar-refractivity contribution in [2.75, 3.05) is 7.05 Å². The van der Waals surface area contributed by atoms with Gasteiger partial charge in [0.25, 0.3) is 0 Å².